The molecule has 0 spiro atoms. The molecule has 0 aliphatic carbocycles. The van der Waals surface area contributed by atoms with Crippen LogP contribution in [0.5, 0.6) is 0 Å². The molecular formula is C6H11N2O3P. The summed E-state index contributed by atoms with van der Waals surface area (Å²) in [5, 5.41) is 13.0. The normalized spacial score (nSPS) is 9.08. The molecular weight excluding hydrogens is 179 g/mol. The van der Waals surface area contributed by atoms with Gasteiger partial charge in [-0.25, -0.2) is 0 Å². The number of carbonyl (C=O) groups excluding carboxylic acids is 1. The van der Waals surface area contributed by atoms with E-state index in [0.29, 0.717) is 12.1 Å². The Balaban J connectivity index is 3.72. The highest BCUT2D eigenvalue weighted by Gasteiger charge is 2.06. The van der Waals surface area contributed by atoms with Gasteiger partial charge in [-0.1, -0.05) is 16.0 Å². The van der Waals surface area contributed by atoms with Crippen molar-refractivity contribution in [3.8, 4) is 0 Å². The molecule has 0 bridgehead atoms. The summed E-state index contributed by atoms with van der Waals surface area (Å²) in [7, 11) is 2.22. The number of hydrogen-bond donors (Lipinski definition) is 3. The molecule has 0 aromatic heterocycles. The van der Waals surface area contributed by atoms with Gasteiger partial charge < -0.3 is 10.4 Å². The van der Waals surface area contributed by atoms with E-state index in [-0.39, 0.29) is 6.54 Å². The van der Waals surface area contributed by atoms with Crippen molar-refractivity contribution >= 4 is 21.3 Å². The predicted octanol–water partition coefficient (Wildman–Crippen LogP) is -0.877. The molecule has 0 saturated heterocycles. The lowest BCUT2D eigenvalue weighted by atomic mass is 10.3. The van der Waals surface area contributed by atoms with Gasteiger partial charge >= 0.3 is 5.97 Å². The lowest BCUT2D eigenvalue weighted by Crippen LogP contribution is -2.32. The molecule has 0 aromatic carbocycles. The Morgan fingerprint density at radius 1 is 1.42 bits per heavy atom. The van der Waals surface area contributed by atoms with Crippen LogP contribution in [0.15, 0.2) is 12.2 Å². The Morgan fingerprint density at radius 2 is 2.00 bits per heavy atom. The van der Waals surface area contributed by atoms with Crippen LogP contribution >= 0.6 is 9.39 Å². The first-order chi connectivity index (χ1) is 5.57. The van der Waals surface area contributed by atoms with Crippen LogP contribution in [0.1, 0.15) is 0 Å². The largest absolute Gasteiger partial charge is 0.480 e. The second-order valence-corrected chi connectivity index (χ2v) is 2.47. The lowest BCUT2D eigenvalue weighted by Gasteiger charge is -2.03. The van der Waals surface area contributed by atoms with Crippen molar-refractivity contribution in [2.24, 2.45) is 0 Å². The maximum Gasteiger partial charge on any atom is 0.322 e. The lowest BCUT2D eigenvalue weighted by molar-refractivity contribution is -0.137. The van der Waals surface area contributed by atoms with E-state index in [0.717, 1.165) is 0 Å². The van der Waals surface area contributed by atoms with Gasteiger partial charge in [-0.3, -0.25) is 14.7 Å². The SMILES string of the molecule is C=C(CNP)C(=O)NCC(=O)O. The first kappa shape index (κ1) is 11.1. The van der Waals surface area contributed by atoms with Crippen molar-refractivity contribution in [2.75, 3.05) is 13.1 Å². The predicted molar refractivity (Wildman–Crippen MR) is 47.5 cm³/mol. The van der Waals surface area contributed by atoms with Crippen LogP contribution in [-0.4, -0.2) is 30.1 Å². The first-order valence-corrected chi connectivity index (χ1v) is 3.77. The Bertz CT molecular complexity index is 205. The summed E-state index contributed by atoms with van der Waals surface area (Å²) in [6.45, 7) is 3.38. The van der Waals surface area contributed by atoms with E-state index in [1.54, 1.807) is 0 Å². The molecule has 0 aliphatic rings. The molecule has 0 radical (unpaired) electrons. The number of carbonyl (C=O) groups is 2. The third-order valence-corrected chi connectivity index (χ3v) is 1.24. The minimum Gasteiger partial charge on any atom is -0.480 e. The number of amides is 1. The molecule has 6 heteroatoms. The number of carboxylic acids is 1. The van der Waals surface area contributed by atoms with Crippen LogP contribution in [0.4, 0.5) is 0 Å². The maximum absolute atomic E-state index is 10.9. The van der Waals surface area contributed by atoms with Gasteiger partial charge in [0.1, 0.15) is 6.54 Å². The highest BCUT2D eigenvalue weighted by atomic mass is 31.0. The summed E-state index contributed by atoms with van der Waals surface area (Å²) in [6.07, 6.45) is 0. The topological polar surface area (TPSA) is 78.4 Å². The first-order valence-electron chi connectivity index (χ1n) is 3.19. The zero-order valence-electron chi connectivity index (χ0n) is 6.46. The third-order valence-electron chi connectivity index (χ3n) is 1.04. The molecule has 1 atom stereocenters. The summed E-state index contributed by atoms with van der Waals surface area (Å²) in [6, 6.07) is 0. The van der Waals surface area contributed by atoms with Crippen molar-refractivity contribution in [1.82, 2.24) is 10.4 Å². The molecule has 0 heterocycles. The fraction of sp³-hybridized carbons (Fsp3) is 0.333. The van der Waals surface area contributed by atoms with Gasteiger partial charge in [0.15, 0.2) is 0 Å². The number of hydrogen-bond acceptors (Lipinski definition) is 3. The fourth-order valence-electron chi connectivity index (χ4n) is 0.484. The third kappa shape index (κ3) is 4.82. The van der Waals surface area contributed by atoms with E-state index >= 15 is 0 Å². The van der Waals surface area contributed by atoms with Crippen molar-refractivity contribution in [1.29, 1.82) is 0 Å². The summed E-state index contributed by atoms with van der Waals surface area (Å²) < 4.78 is 0. The number of carboxylic acid groups (broad SMARTS) is 1. The Hall–Kier alpha value is -0.930. The fourth-order valence-corrected chi connectivity index (χ4v) is 0.731. The number of nitrogens with one attached hydrogen (secondary N) is 2. The minimum absolute atomic E-state index is 0.297. The van der Waals surface area contributed by atoms with E-state index in [1.165, 1.54) is 0 Å². The molecule has 0 saturated carbocycles. The Labute approximate surface area is 72.5 Å². The van der Waals surface area contributed by atoms with Crippen molar-refractivity contribution in [3.63, 3.8) is 0 Å². The van der Waals surface area contributed by atoms with Crippen LogP contribution in [0.25, 0.3) is 0 Å². The molecule has 12 heavy (non-hydrogen) atoms. The van der Waals surface area contributed by atoms with E-state index in [9.17, 15) is 9.59 Å². The van der Waals surface area contributed by atoms with Crippen LogP contribution in [0.2, 0.25) is 0 Å². The number of aliphatic carboxylic acids is 1. The van der Waals surface area contributed by atoms with Crippen molar-refractivity contribution in [3.05, 3.63) is 12.2 Å². The van der Waals surface area contributed by atoms with Crippen LogP contribution in [-0.2, 0) is 9.59 Å². The van der Waals surface area contributed by atoms with Crippen molar-refractivity contribution in [2.45, 2.75) is 0 Å². The molecule has 3 N–H and O–H groups in total. The van der Waals surface area contributed by atoms with Gasteiger partial charge in [0.05, 0.1) is 0 Å². The second kappa shape index (κ2) is 5.69. The van der Waals surface area contributed by atoms with Gasteiger partial charge in [0.2, 0.25) is 5.91 Å². The molecule has 0 rings (SSSR count). The second-order valence-electron chi connectivity index (χ2n) is 2.06. The average Bonchev–Trinajstić information content (AvgIpc) is 2.00. The van der Waals surface area contributed by atoms with Gasteiger partial charge in [-0.05, 0) is 0 Å². The highest BCUT2D eigenvalue weighted by molar-refractivity contribution is 7.13. The van der Waals surface area contributed by atoms with Gasteiger partial charge in [-0.2, -0.15) is 0 Å². The van der Waals surface area contributed by atoms with Gasteiger partial charge in [0.25, 0.3) is 0 Å². The highest BCUT2D eigenvalue weighted by Crippen LogP contribution is 1.88. The quantitative estimate of drug-likeness (QED) is 0.388. The smallest absolute Gasteiger partial charge is 0.322 e. The molecule has 5 nitrogen and oxygen atoms in total. The summed E-state index contributed by atoms with van der Waals surface area (Å²) in [5.41, 5.74) is 0.297. The number of rotatable bonds is 5. The molecule has 1 amide bonds. The molecule has 0 fully saturated rings. The van der Waals surface area contributed by atoms with E-state index < -0.39 is 11.9 Å². The van der Waals surface area contributed by atoms with Gasteiger partial charge in [0, 0.05) is 12.1 Å². The van der Waals surface area contributed by atoms with Crippen molar-refractivity contribution < 1.29 is 14.7 Å². The monoisotopic (exact) mass is 190 g/mol. The maximum atomic E-state index is 10.9. The zero-order chi connectivity index (χ0) is 9.56. The van der Waals surface area contributed by atoms with Crippen LogP contribution in [0.3, 0.4) is 0 Å². The molecule has 1 unspecified atom stereocenters. The van der Waals surface area contributed by atoms with Gasteiger partial charge in [-0.15, -0.1) is 0 Å². The standard InChI is InChI=1S/C6H11N2O3P/c1-4(2-8-12)6(11)7-3-5(9)10/h8H,1-3,12H2,(H,7,11)(H,9,10). The van der Waals surface area contributed by atoms with E-state index in [1.807, 2.05) is 0 Å². The minimum atomic E-state index is -1.07. The Kier molecular flexibility index (Phi) is 5.25. The Morgan fingerprint density at radius 3 is 2.42 bits per heavy atom. The summed E-state index contributed by atoms with van der Waals surface area (Å²) >= 11 is 0. The van der Waals surface area contributed by atoms with Crippen LogP contribution < -0.4 is 10.4 Å². The van der Waals surface area contributed by atoms with E-state index in [4.69, 9.17) is 5.11 Å². The zero-order valence-corrected chi connectivity index (χ0v) is 7.62. The average molecular weight is 190 g/mol. The molecule has 0 aromatic rings. The summed E-state index contributed by atoms with van der Waals surface area (Å²) in [5.74, 6) is -1.53. The summed E-state index contributed by atoms with van der Waals surface area (Å²) in [4.78, 5) is 20.9. The molecule has 68 valence electrons. The molecule has 0 aliphatic heterocycles. The van der Waals surface area contributed by atoms with E-state index in [2.05, 4.69) is 26.4 Å². The van der Waals surface area contributed by atoms with Crippen LogP contribution in [0, 0.1) is 0 Å².